The van der Waals surface area contributed by atoms with Crippen molar-refractivity contribution in [2.75, 3.05) is 23.3 Å². The van der Waals surface area contributed by atoms with Crippen LogP contribution in [0.1, 0.15) is 12.8 Å². The third-order valence-corrected chi connectivity index (χ3v) is 4.24. The molecular weight excluding hydrogens is 302 g/mol. The number of pyridine rings is 2. The molecule has 24 heavy (non-hydrogen) atoms. The van der Waals surface area contributed by atoms with Crippen molar-refractivity contribution in [1.29, 1.82) is 0 Å². The van der Waals surface area contributed by atoms with Crippen molar-refractivity contribution >= 4 is 28.2 Å². The molecule has 4 heterocycles. The Morgan fingerprint density at radius 2 is 2.00 bits per heavy atom. The van der Waals surface area contributed by atoms with Crippen LogP contribution in [0.3, 0.4) is 0 Å². The summed E-state index contributed by atoms with van der Waals surface area (Å²) in [6.07, 6.45) is 10.9. The van der Waals surface area contributed by atoms with Gasteiger partial charge in [0.05, 0.1) is 23.1 Å². The van der Waals surface area contributed by atoms with Crippen LogP contribution in [0.15, 0.2) is 43.1 Å². The zero-order valence-corrected chi connectivity index (χ0v) is 13.3. The Hall–Kier alpha value is -2.80. The average Bonchev–Trinajstić information content (AvgIpc) is 2.62. The van der Waals surface area contributed by atoms with Gasteiger partial charge in [0.1, 0.15) is 5.52 Å². The Bertz CT molecular complexity index is 846. The minimum Gasteiger partial charge on any atom is -0.368 e. The third kappa shape index (κ3) is 2.85. The molecule has 1 saturated heterocycles. The topological polar surface area (TPSA) is 92.8 Å². The van der Waals surface area contributed by atoms with E-state index in [1.54, 1.807) is 24.8 Å². The molecule has 1 atom stereocenters. The van der Waals surface area contributed by atoms with Gasteiger partial charge in [0.2, 0.25) is 0 Å². The molecule has 7 heteroatoms. The Labute approximate surface area is 140 Å². The van der Waals surface area contributed by atoms with Gasteiger partial charge in [-0.25, -0.2) is 9.97 Å². The van der Waals surface area contributed by atoms with Crippen LogP contribution in [0.2, 0.25) is 0 Å². The smallest absolute Gasteiger partial charge is 0.158 e. The maximum Gasteiger partial charge on any atom is 0.158 e. The van der Waals surface area contributed by atoms with E-state index in [1.165, 1.54) is 0 Å². The number of hydrogen-bond donors (Lipinski definition) is 2. The maximum atomic E-state index is 6.13. The first kappa shape index (κ1) is 14.8. The van der Waals surface area contributed by atoms with Crippen molar-refractivity contribution in [2.24, 2.45) is 5.73 Å². The summed E-state index contributed by atoms with van der Waals surface area (Å²) in [5, 5.41) is 3.37. The Balaban J connectivity index is 1.70. The summed E-state index contributed by atoms with van der Waals surface area (Å²) in [6.45, 7) is 1.84. The van der Waals surface area contributed by atoms with Gasteiger partial charge in [-0.15, -0.1) is 0 Å². The third-order valence-electron chi connectivity index (χ3n) is 4.24. The number of piperidine rings is 1. The number of hydrogen-bond acceptors (Lipinski definition) is 7. The van der Waals surface area contributed by atoms with Gasteiger partial charge < -0.3 is 16.0 Å². The second-order valence-electron chi connectivity index (χ2n) is 5.95. The van der Waals surface area contributed by atoms with E-state index in [1.807, 2.05) is 18.3 Å². The van der Waals surface area contributed by atoms with E-state index in [0.717, 1.165) is 48.3 Å². The summed E-state index contributed by atoms with van der Waals surface area (Å²) in [4.78, 5) is 19.7. The fourth-order valence-corrected chi connectivity index (χ4v) is 3.10. The average molecular weight is 321 g/mol. The molecule has 3 aromatic rings. The van der Waals surface area contributed by atoms with Crippen molar-refractivity contribution in [3.05, 3.63) is 43.1 Å². The lowest BCUT2D eigenvalue weighted by molar-refractivity contribution is 0.506. The number of fused-ring (bicyclic) bond motifs is 1. The van der Waals surface area contributed by atoms with E-state index < -0.39 is 0 Å². The lowest BCUT2D eigenvalue weighted by atomic mass is 10.1. The minimum absolute atomic E-state index is 0.210. The van der Waals surface area contributed by atoms with E-state index in [2.05, 4.69) is 30.2 Å². The number of nitrogens with one attached hydrogen (secondary N) is 1. The molecule has 1 aliphatic rings. The molecule has 3 N–H and O–H groups in total. The van der Waals surface area contributed by atoms with E-state index in [0.29, 0.717) is 5.82 Å². The highest BCUT2D eigenvalue weighted by Gasteiger charge is 2.19. The van der Waals surface area contributed by atoms with Crippen LogP contribution >= 0.6 is 0 Å². The molecule has 0 radical (unpaired) electrons. The van der Waals surface area contributed by atoms with Crippen molar-refractivity contribution in [1.82, 2.24) is 19.9 Å². The van der Waals surface area contributed by atoms with Crippen LogP contribution in [-0.4, -0.2) is 39.1 Å². The Morgan fingerprint density at radius 1 is 1.08 bits per heavy atom. The van der Waals surface area contributed by atoms with Gasteiger partial charge in [-0.3, -0.25) is 9.97 Å². The largest absolute Gasteiger partial charge is 0.368 e. The summed E-state index contributed by atoms with van der Waals surface area (Å²) in [6, 6.07) is 4.07. The van der Waals surface area contributed by atoms with Crippen LogP contribution < -0.4 is 16.0 Å². The molecule has 0 amide bonds. The van der Waals surface area contributed by atoms with Crippen molar-refractivity contribution in [2.45, 2.75) is 18.9 Å². The lowest BCUT2D eigenvalue weighted by Crippen LogP contribution is -2.43. The van der Waals surface area contributed by atoms with Crippen molar-refractivity contribution in [3.8, 4) is 0 Å². The van der Waals surface area contributed by atoms with Crippen molar-refractivity contribution < 1.29 is 0 Å². The molecule has 0 unspecified atom stereocenters. The van der Waals surface area contributed by atoms with E-state index in [4.69, 9.17) is 5.73 Å². The van der Waals surface area contributed by atoms with Gasteiger partial charge in [-0.05, 0) is 25.0 Å². The quantitative estimate of drug-likeness (QED) is 0.763. The number of nitrogens with zero attached hydrogens (tertiary/aromatic N) is 5. The normalized spacial score (nSPS) is 17.9. The van der Waals surface area contributed by atoms with Crippen LogP contribution in [0, 0.1) is 0 Å². The molecule has 0 aromatic carbocycles. The lowest BCUT2D eigenvalue weighted by Gasteiger charge is -2.33. The monoisotopic (exact) mass is 321 g/mol. The van der Waals surface area contributed by atoms with E-state index in [9.17, 15) is 0 Å². The highest BCUT2D eigenvalue weighted by molar-refractivity contribution is 5.88. The second kappa shape index (κ2) is 6.37. The number of aromatic nitrogens is 4. The fraction of sp³-hybridized carbons (Fsp3) is 0.294. The fourth-order valence-electron chi connectivity index (χ4n) is 3.10. The molecule has 1 fully saturated rings. The zero-order chi connectivity index (χ0) is 16.4. The summed E-state index contributed by atoms with van der Waals surface area (Å²) in [5.41, 5.74) is 9.66. The van der Waals surface area contributed by atoms with Crippen LogP contribution in [0.4, 0.5) is 17.2 Å². The van der Waals surface area contributed by atoms with E-state index >= 15 is 0 Å². The highest BCUT2D eigenvalue weighted by Crippen LogP contribution is 2.30. The van der Waals surface area contributed by atoms with Gasteiger partial charge in [0.15, 0.2) is 5.82 Å². The molecule has 3 aromatic heterocycles. The van der Waals surface area contributed by atoms with Gasteiger partial charge >= 0.3 is 0 Å². The Morgan fingerprint density at radius 3 is 2.92 bits per heavy atom. The first-order valence-corrected chi connectivity index (χ1v) is 8.08. The zero-order valence-electron chi connectivity index (χ0n) is 13.3. The maximum absolute atomic E-state index is 6.13. The summed E-state index contributed by atoms with van der Waals surface area (Å²) >= 11 is 0. The van der Waals surface area contributed by atoms with E-state index in [-0.39, 0.29) is 6.04 Å². The SMILES string of the molecule is N[C@H]1CCCN(c2ccncc2Nc2nccc3nccnc23)C1. The van der Waals surface area contributed by atoms with Gasteiger partial charge in [0, 0.05) is 43.9 Å². The molecule has 7 nitrogen and oxygen atoms in total. The van der Waals surface area contributed by atoms with Crippen LogP contribution in [0.5, 0.6) is 0 Å². The summed E-state index contributed by atoms with van der Waals surface area (Å²) in [7, 11) is 0. The second-order valence-corrected chi connectivity index (χ2v) is 5.95. The number of rotatable bonds is 3. The summed E-state index contributed by atoms with van der Waals surface area (Å²) in [5.74, 6) is 0.677. The predicted molar refractivity (Wildman–Crippen MR) is 94.3 cm³/mol. The molecule has 0 saturated carbocycles. The van der Waals surface area contributed by atoms with Crippen LogP contribution in [0.25, 0.3) is 11.0 Å². The molecule has 1 aliphatic heterocycles. The number of anilines is 3. The molecule has 0 spiro atoms. The standard InChI is InChI=1S/C17H19N7/c18-12-2-1-9-24(11-12)15-4-5-19-10-14(15)23-17-16-13(3-6-22-17)20-7-8-21-16/h3-8,10,12H,1-2,9,11,18H2,(H,22,23)/t12-/m0/s1. The summed E-state index contributed by atoms with van der Waals surface area (Å²) < 4.78 is 0. The van der Waals surface area contributed by atoms with Gasteiger partial charge in [-0.1, -0.05) is 0 Å². The Kier molecular flexibility index (Phi) is 3.92. The minimum atomic E-state index is 0.210. The van der Waals surface area contributed by atoms with Crippen molar-refractivity contribution in [3.63, 3.8) is 0 Å². The van der Waals surface area contributed by atoms with Crippen LogP contribution in [-0.2, 0) is 0 Å². The molecule has 0 aliphatic carbocycles. The first-order valence-electron chi connectivity index (χ1n) is 8.08. The first-order chi connectivity index (χ1) is 11.8. The molecular formula is C17H19N7. The van der Waals surface area contributed by atoms with Gasteiger partial charge in [-0.2, -0.15) is 0 Å². The highest BCUT2D eigenvalue weighted by atomic mass is 15.2. The molecule has 122 valence electrons. The molecule has 0 bridgehead atoms. The number of nitrogens with two attached hydrogens (primary N) is 1. The van der Waals surface area contributed by atoms with Gasteiger partial charge in [0.25, 0.3) is 0 Å². The predicted octanol–water partition coefficient (Wildman–Crippen LogP) is 2.09. The molecule has 4 rings (SSSR count).